The molecule has 0 saturated carbocycles. The number of aryl methyl sites for hydroxylation is 1. The number of nitrogens with one attached hydrogen (secondary N) is 1. The number of esters is 1. The van der Waals surface area contributed by atoms with Crippen LogP contribution in [0.25, 0.3) is 0 Å². The van der Waals surface area contributed by atoms with Gasteiger partial charge in [-0.25, -0.2) is 10.2 Å². The van der Waals surface area contributed by atoms with Crippen LogP contribution in [-0.4, -0.2) is 24.7 Å². The van der Waals surface area contributed by atoms with Gasteiger partial charge in [0.1, 0.15) is 16.4 Å². The number of carbonyl (C=O) groups is 2. The molecular formula is C21H18N2O4S. The maximum atomic E-state index is 12.0. The van der Waals surface area contributed by atoms with Crippen molar-refractivity contribution in [3.05, 3.63) is 82.0 Å². The molecule has 3 aromatic rings. The zero-order valence-electron chi connectivity index (χ0n) is 15.1. The topological polar surface area (TPSA) is 77.0 Å². The van der Waals surface area contributed by atoms with E-state index in [1.54, 1.807) is 42.5 Å². The lowest BCUT2D eigenvalue weighted by Gasteiger charge is -2.07. The van der Waals surface area contributed by atoms with Crippen molar-refractivity contribution >= 4 is 29.4 Å². The SMILES string of the molecule is Cc1ccccc1OCC(=O)NN=Cc1cccc(OC(=O)c2cccs2)c1. The number of amides is 1. The number of rotatable bonds is 7. The van der Waals surface area contributed by atoms with Crippen LogP contribution in [0.1, 0.15) is 20.8 Å². The maximum absolute atomic E-state index is 12.0. The maximum Gasteiger partial charge on any atom is 0.353 e. The van der Waals surface area contributed by atoms with Crippen LogP contribution in [0, 0.1) is 6.92 Å². The van der Waals surface area contributed by atoms with Crippen molar-refractivity contribution in [2.24, 2.45) is 5.10 Å². The molecule has 6 nitrogen and oxygen atoms in total. The third-order valence-electron chi connectivity index (χ3n) is 3.65. The Balaban J connectivity index is 1.50. The summed E-state index contributed by atoms with van der Waals surface area (Å²) in [4.78, 5) is 24.4. The summed E-state index contributed by atoms with van der Waals surface area (Å²) in [7, 11) is 0. The summed E-state index contributed by atoms with van der Waals surface area (Å²) in [5.74, 6) is 0.268. The Morgan fingerprint density at radius 3 is 2.75 bits per heavy atom. The van der Waals surface area contributed by atoms with Gasteiger partial charge in [0.25, 0.3) is 5.91 Å². The van der Waals surface area contributed by atoms with E-state index >= 15 is 0 Å². The van der Waals surface area contributed by atoms with Gasteiger partial charge in [0, 0.05) is 0 Å². The van der Waals surface area contributed by atoms with Gasteiger partial charge in [-0.1, -0.05) is 36.4 Å². The van der Waals surface area contributed by atoms with E-state index in [2.05, 4.69) is 10.5 Å². The van der Waals surface area contributed by atoms with Gasteiger partial charge < -0.3 is 9.47 Å². The van der Waals surface area contributed by atoms with Crippen LogP contribution >= 0.6 is 11.3 Å². The second-order valence-electron chi connectivity index (χ2n) is 5.79. The molecule has 0 bridgehead atoms. The van der Waals surface area contributed by atoms with Crippen LogP contribution in [-0.2, 0) is 4.79 Å². The molecule has 0 unspecified atom stereocenters. The van der Waals surface area contributed by atoms with E-state index < -0.39 is 5.97 Å². The van der Waals surface area contributed by atoms with E-state index in [0.29, 0.717) is 21.9 Å². The molecule has 3 rings (SSSR count). The Hall–Kier alpha value is -3.45. The molecule has 7 heteroatoms. The number of ether oxygens (including phenoxy) is 2. The van der Waals surface area contributed by atoms with Crippen molar-refractivity contribution in [2.45, 2.75) is 6.92 Å². The summed E-state index contributed by atoms with van der Waals surface area (Å²) in [6.07, 6.45) is 1.47. The Labute approximate surface area is 166 Å². The molecule has 0 spiro atoms. The normalized spacial score (nSPS) is 10.6. The predicted octanol–water partition coefficient (Wildman–Crippen LogP) is 3.80. The zero-order chi connectivity index (χ0) is 19.8. The van der Waals surface area contributed by atoms with E-state index in [9.17, 15) is 9.59 Å². The highest BCUT2D eigenvalue weighted by Crippen LogP contribution is 2.17. The van der Waals surface area contributed by atoms with Gasteiger partial charge in [-0.3, -0.25) is 4.79 Å². The summed E-state index contributed by atoms with van der Waals surface area (Å²) in [5.41, 5.74) is 4.03. The molecular weight excluding hydrogens is 376 g/mol. The zero-order valence-corrected chi connectivity index (χ0v) is 15.9. The minimum atomic E-state index is -0.411. The lowest BCUT2D eigenvalue weighted by Crippen LogP contribution is -2.24. The minimum Gasteiger partial charge on any atom is -0.483 e. The number of hydrazone groups is 1. The molecule has 0 aliphatic carbocycles. The van der Waals surface area contributed by atoms with Gasteiger partial charge in [0.15, 0.2) is 6.61 Å². The van der Waals surface area contributed by atoms with E-state index in [1.807, 2.05) is 30.5 Å². The van der Waals surface area contributed by atoms with Gasteiger partial charge in [-0.2, -0.15) is 5.10 Å². The summed E-state index contributed by atoms with van der Waals surface area (Å²) in [6, 6.07) is 17.8. The van der Waals surface area contributed by atoms with Crippen molar-refractivity contribution in [1.29, 1.82) is 0 Å². The van der Waals surface area contributed by atoms with Crippen LogP contribution in [0.2, 0.25) is 0 Å². The van der Waals surface area contributed by atoms with E-state index in [4.69, 9.17) is 9.47 Å². The van der Waals surface area contributed by atoms with Crippen LogP contribution < -0.4 is 14.9 Å². The smallest absolute Gasteiger partial charge is 0.353 e. The molecule has 1 heterocycles. The highest BCUT2D eigenvalue weighted by molar-refractivity contribution is 7.12. The van der Waals surface area contributed by atoms with E-state index in [-0.39, 0.29) is 12.5 Å². The molecule has 142 valence electrons. The lowest BCUT2D eigenvalue weighted by atomic mass is 10.2. The third kappa shape index (κ3) is 5.52. The van der Waals surface area contributed by atoms with Gasteiger partial charge >= 0.3 is 5.97 Å². The van der Waals surface area contributed by atoms with Crippen molar-refractivity contribution in [3.8, 4) is 11.5 Å². The standard InChI is InChI=1S/C21H18N2O4S/c1-15-6-2-3-9-18(15)26-14-20(24)23-22-13-16-7-4-8-17(12-16)27-21(25)19-10-5-11-28-19/h2-13H,14H2,1H3,(H,23,24). The highest BCUT2D eigenvalue weighted by atomic mass is 32.1. The first-order chi connectivity index (χ1) is 13.6. The first-order valence-electron chi connectivity index (χ1n) is 8.48. The van der Waals surface area contributed by atoms with Crippen LogP contribution in [0.4, 0.5) is 0 Å². The molecule has 1 N–H and O–H groups in total. The largest absolute Gasteiger partial charge is 0.483 e. The molecule has 28 heavy (non-hydrogen) atoms. The highest BCUT2D eigenvalue weighted by Gasteiger charge is 2.09. The van der Waals surface area contributed by atoms with E-state index in [1.165, 1.54) is 17.6 Å². The Morgan fingerprint density at radius 2 is 1.96 bits per heavy atom. The van der Waals surface area contributed by atoms with Crippen LogP contribution in [0.15, 0.2) is 71.1 Å². The molecule has 1 aromatic heterocycles. The number of carbonyl (C=O) groups excluding carboxylic acids is 2. The van der Waals surface area contributed by atoms with Crippen molar-refractivity contribution < 1.29 is 19.1 Å². The summed E-state index contributed by atoms with van der Waals surface area (Å²) in [6.45, 7) is 1.77. The number of hydrogen-bond acceptors (Lipinski definition) is 6. The average Bonchev–Trinajstić information content (AvgIpc) is 3.23. The van der Waals surface area contributed by atoms with Gasteiger partial charge in [0.2, 0.25) is 0 Å². The fourth-order valence-corrected chi connectivity index (χ4v) is 2.88. The minimum absolute atomic E-state index is 0.138. The van der Waals surface area contributed by atoms with Gasteiger partial charge in [-0.15, -0.1) is 11.3 Å². The first kappa shape index (κ1) is 19.3. The second kappa shape index (κ2) is 9.48. The number of benzene rings is 2. The molecule has 0 saturated heterocycles. The molecule has 0 radical (unpaired) electrons. The molecule has 1 amide bonds. The van der Waals surface area contributed by atoms with Crippen molar-refractivity contribution in [1.82, 2.24) is 5.43 Å². The summed E-state index contributed by atoms with van der Waals surface area (Å²) < 4.78 is 10.8. The van der Waals surface area contributed by atoms with Gasteiger partial charge in [0.05, 0.1) is 6.21 Å². The van der Waals surface area contributed by atoms with Crippen LogP contribution in [0.5, 0.6) is 11.5 Å². The first-order valence-corrected chi connectivity index (χ1v) is 9.36. The molecule has 0 aliphatic rings. The van der Waals surface area contributed by atoms with Crippen LogP contribution in [0.3, 0.4) is 0 Å². The fourth-order valence-electron chi connectivity index (χ4n) is 2.28. The Kier molecular flexibility index (Phi) is 6.54. The number of hydrogen-bond donors (Lipinski definition) is 1. The van der Waals surface area contributed by atoms with E-state index in [0.717, 1.165) is 5.56 Å². The fraction of sp³-hybridized carbons (Fsp3) is 0.0952. The monoisotopic (exact) mass is 394 g/mol. The molecule has 0 fully saturated rings. The molecule has 2 aromatic carbocycles. The van der Waals surface area contributed by atoms with Crippen molar-refractivity contribution in [3.63, 3.8) is 0 Å². The second-order valence-corrected chi connectivity index (χ2v) is 6.73. The summed E-state index contributed by atoms with van der Waals surface area (Å²) >= 11 is 1.32. The lowest BCUT2D eigenvalue weighted by molar-refractivity contribution is -0.123. The molecule has 0 aliphatic heterocycles. The van der Waals surface area contributed by atoms with Gasteiger partial charge in [-0.05, 0) is 47.7 Å². The third-order valence-corrected chi connectivity index (χ3v) is 4.50. The average molecular weight is 394 g/mol. The Bertz CT molecular complexity index is 984. The molecule has 0 atom stereocenters. The number of para-hydroxylation sites is 1. The predicted molar refractivity (Wildman–Crippen MR) is 108 cm³/mol. The number of nitrogens with zero attached hydrogens (tertiary/aromatic N) is 1. The summed E-state index contributed by atoms with van der Waals surface area (Å²) in [5, 5.41) is 5.71. The number of thiophene rings is 1. The van der Waals surface area contributed by atoms with Crippen molar-refractivity contribution in [2.75, 3.05) is 6.61 Å². The quantitative estimate of drug-likeness (QED) is 0.286. The Morgan fingerprint density at radius 1 is 1.11 bits per heavy atom.